The molecule has 20 heavy (non-hydrogen) atoms. The van der Waals surface area contributed by atoms with Gasteiger partial charge in [-0.15, -0.1) is 0 Å². The molecular formula is C17H22N2O. The maximum Gasteiger partial charge on any atom is 0.162 e. The highest BCUT2D eigenvalue weighted by Crippen LogP contribution is 2.18. The Morgan fingerprint density at radius 3 is 2.80 bits per heavy atom. The first-order valence-corrected chi connectivity index (χ1v) is 7.21. The van der Waals surface area contributed by atoms with Crippen molar-refractivity contribution in [3.63, 3.8) is 0 Å². The smallest absolute Gasteiger partial charge is 0.162 e. The van der Waals surface area contributed by atoms with Gasteiger partial charge in [0.15, 0.2) is 5.78 Å². The first-order valence-electron chi connectivity index (χ1n) is 7.21. The molecule has 0 bridgehead atoms. The lowest BCUT2D eigenvalue weighted by atomic mass is 9.97. The number of aryl methyl sites for hydroxylation is 1. The first-order chi connectivity index (χ1) is 9.60. The van der Waals surface area contributed by atoms with E-state index >= 15 is 0 Å². The van der Waals surface area contributed by atoms with Crippen molar-refractivity contribution in [2.45, 2.75) is 33.1 Å². The van der Waals surface area contributed by atoms with Crippen LogP contribution in [-0.4, -0.2) is 17.3 Å². The Hall–Kier alpha value is -1.74. The van der Waals surface area contributed by atoms with E-state index in [9.17, 15) is 4.79 Å². The number of aromatic nitrogens is 1. The lowest BCUT2D eigenvalue weighted by molar-refractivity contribution is 0.0974. The van der Waals surface area contributed by atoms with E-state index in [0.29, 0.717) is 18.9 Å². The van der Waals surface area contributed by atoms with Crippen molar-refractivity contribution in [3.8, 4) is 0 Å². The van der Waals surface area contributed by atoms with Crippen molar-refractivity contribution in [2.75, 3.05) is 6.54 Å². The van der Waals surface area contributed by atoms with Crippen LogP contribution in [0.25, 0.3) is 10.9 Å². The van der Waals surface area contributed by atoms with Gasteiger partial charge in [0.25, 0.3) is 0 Å². The van der Waals surface area contributed by atoms with Gasteiger partial charge in [0.1, 0.15) is 0 Å². The van der Waals surface area contributed by atoms with Crippen molar-refractivity contribution in [1.29, 1.82) is 0 Å². The molecule has 3 nitrogen and oxygen atoms in total. The Morgan fingerprint density at radius 2 is 2.05 bits per heavy atom. The number of rotatable bonds is 6. The van der Waals surface area contributed by atoms with E-state index in [4.69, 9.17) is 5.73 Å². The zero-order valence-electron chi connectivity index (χ0n) is 12.2. The summed E-state index contributed by atoms with van der Waals surface area (Å²) in [4.78, 5) is 16.7. The summed E-state index contributed by atoms with van der Waals surface area (Å²) in [7, 11) is 0. The van der Waals surface area contributed by atoms with Crippen molar-refractivity contribution in [1.82, 2.24) is 4.98 Å². The summed E-state index contributed by atoms with van der Waals surface area (Å²) in [5.74, 6) is 0.713. The van der Waals surface area contributed by atoms with Gasteiger partial charge in [0, 0.05) is 23.1 Å². The van der Waals surface area contributed by atoms with Crippen LogP contribution in [0.15, 0.2) is 30.3 Å². The minimum absolute atomic E-state index is 0.205. The lowest BCUT2D eigenvalue weighted by Crippen LogP contribution is -2.08. The van der Waals surface area contributed by atoms with Gasteiger partial charge >= 0.3 is 0 Å². The van der Waals surface area contributed by atoms with Crippen LogP contribution in [0, 0.1) is 12.8 Å². The summed E-state index contributed by atoms with van der Waals surface area (Å²) < 4.78 is 0. The number of pyridine rings is 1. The van der Waals surface area contributed by atoms with Crippen LogP contribution in [0.3, 0.4) is 0 Å². The molecule has 1 heterocycles. The van der Waals surface area contributed by atoms with Crippen molar-refractivity contribution in [2.24, 2.45) is 11.7 Å². The van der Waals surface area contributed by atoms with Crippen LogP contribution in [-0.2, 0) is 0 Å². The molecule has 1 unspecified atom stereocenters. The zero-order chi connectivity index (χ0) is 14.5. The number of ketones is 1. The minimum Gasteiger partial charge on any atom is -0.330 e. The molecule has 0 saturated heterocycles. The normalized spacial score (nSPS) is 12.6. The Balaban J connectivity index is 2.08. The number of nitrogens with zero attached hydrogens (tertiary/aromatic N) is 1. The Kier molecular flexibility index (Phi) is 4.85. The third-order valence-corrected chi connectivity index (χ3v) is 3.67. The molecule has 0 radical (unpaired) electrons. The van der Waals surface area contributed by atoms with E-state index in [0.717, 1.165) is 35.0 Å². The fourth-order valence-electron chi connectivity index (χ4n) is 2.35. The topological polar surface area (TPSA) is 56.0 Å². The predicted octanol–water partition coefficient (Wildman–Crippen LogP) is 3.49. The van der Waals surface area contributed by atoms with E-state index in [1.165, 1.54) is 0 Å². The maximum absolute atomic E-state index is 12.2. The maximum atomic E-state index is 12.2. The average molecular weight is 270 g/mol. The highest BCUT2D eigenvalue weighted by Gasteiger charge is 2.09. The van der Waals surface area contributed by atoms with Gasteiger partial charge < -0.3 is 5.73 Å². The summed E-state index contributed by atoms with van der Waals surface area (Å²) >= 11 is 0. The quantitative estimate of drug-likeness (QED) is 0.817. The monoisotopic (exact) mass is 270 g/mol. The fourth-order valence-corrected chi connectivity index (χ4v) is 2.35. The Morgan fingerprint density at radius 1 is 1.25 bits per heavy atom. The fraction of sp³-hybridized carbons (Fsp3) is 0.412. The van der Waals surface area contributed by atoms with Crippen LogP contribution in [0.2, 0.25) is 0 Å². The molecule has 0 spiro atoms. The number of nitrogens with two attached hydrogens (primary N) is 1. The van der Waals surface area contributed by atoms with Crippen molar-refractivity contribution < 1.29 is 4.79 Å². The molecule has 0 aliphatic carbocycles. The van der Waals surface area contributed by atoms with Crippen LogP contribution >= 0.6 is 0 Å². The van der Waals surface area contributed by atoms with Gasteiger partial charge in [0.05, 0.1) is 5.52 Å². The molecule has 0 saturated carbocycles. The van der Waals surface area contributed by atoms with Gasteiger partial charge in [-0.3, -0.25) is 9.78 Å². The number of Topliss-reactive ketones (excluding diaryl/α,β-unsaturated/α-hetero) is 1. The van der Waals surface area contributed by atoms with E-state index in [1.807, 2.05) is 37.3 Å². The number of carbonyl (C=O) groups is 1. The van der Waals surface area contributed by atoms with Gasteiger partial charge in [-0.05, 0) is 56.5 Å². The molecule has 1 atom stereocenters. The number of benzene rings is 1. The Bertz CT molecular complexity index is 607. The SMILES string of the molecule is Cc1ccc2cc(C(=O)CCC(C)CCN)ccc2n1. The molecule has 0 amide bonds. The molecule has 0 fully saturated rings. The second-order valence-corrected chi connectivity index (χ2v) is 5.50. The zero-order valence-corrected chi connectivity index (χ0v) is 12.2. The second-order valence-electron chi connectivity index (χ2n) is 5.50. The number of carbonyl (C=O) groups excluding carboxylic acids is 1. The summed E-state index contributed by atoms with van der Waals surface area (Å²) in [5.41, 5.74) is 8.25. The van der Waals surface area contributed by atoms with E-state index in [-0.39, 0.29) is 5.78 Å². The summed E-state index contributed by atoms with van der Waals surface area (Å²) in [5, 5.41) is 1.02. The molecule has 106 valence electrons. The van der Waals surface area contributed by atoms with Gasteiger partial charge in [-0.2, -0.15) is 0 Å². The number of fused-ring (bicyclic) bond motifs is 1. The first kappa shape index (κ1) is 14.7. The van der Waals surface area contributed by atoms with E-state index in [1.54, 1.807) is 0 Å². The predicted molar refractivity (Wildman–Crippen MR) is 82.9 cm³/mol. The molecule has 1 aromatic carbocycles. The summed E-state index contributed by atoms with van der Waals surface area (Å²) in [6.45, 7) is 4.81. The minimum atomic E-state index is 0.205. The summed E-state index contributed by atoms with van der Waals surface area (Å²) in [6.07, 6.45) is 2.47. The molecule has 0 aliphatic rings. The van der Waals surface area contributed by atoms with E-state index < -0.39 is 0 Å². The van der Waals surface area contributed by atoms with Crippen molar-refractivity contribution in [3.05, 3.63) is 41.6 Å². The highest BCUT2D eigenvalue weighted by atomic mass is 16.1. The third-order valence-electron chi connectivity index (χ3n) is 3.67. The average Bonchev–Trinajstić information content (AvgIpc) is 2.44. The lowest BCUT2D eigenvalue weighted by Gasteiger charge is -2.09. The van der Waals surface area contributed by atoms with Crippen LogP contribution in [0.4, 0.5) is 0 Å². The number of hydrogen-bond acceptors (Lipinski definition) is 3. The van der Waals surface area contributed by atoms with Crippen LogP contribution < -0.4 is 5.73 Å². The number of hydrogen-bond donors (Lipinski definition) is 1. The third kappa shape index (κ3) is 3.64. The second kappa shape index (κ2) is 6.62. The van der Waals surface area contributed by atoms with Gasteiger partial charge in [-0.25, -0.2) is 0 Å². The molecule has 2 aromatic rings. The standard InChI is InChI=1S/C17H22N2O/c1-12(9-10-18)3-8-17(20)15-6-7-16-14(11-15)5-4-13(2)19-16/h4-7,11-12H,3,8-10,18H2,1-2H3. The van der Waals surface area contributed by atoms with Gasteiger partial charge in [0.2, 0.25) is 0 Å². The van der Waals surface area contributed by atoms with Crippen molar-refractivity contribution >= 4 is 16.7 Å². The van der Waals surface area contributed by atoms with Gasteiger partial charge in [-0.1, -0.05) is 13.0 Å². The molecular weight excluding hydrogens is 248 g/mol. The largest absolute Gasteiger partial charge is 0.330 e. The summed E-state index contributed by atoms with van der Waals surface area (Å²) in [6, 6.07) is 9.74. The van der Waals surface area contributed by atoms with Crippen LogP contribution in [0.1, 0.15) is 42.2 Å². The molecule has 3 heteroatoms. The molecule has 0 aliphatic heterocycles. The Labute approximate surface area is 120 Å². The molecule has 1 aromatic heterocycles. The highest BCUT2D eigenvalue weighted by molar-refractivity contribution is 5.99. The molecule has 2 N–H and O–H groups in total. The van der Waals surface area contributed by atoms with Crippen LogP contribution in [0.5, 0.6) is 0 Å². The van der Waals surface area contributed by atoms with E-state index in [2.05, 4.69) is 11.9 Å². The molecule has 2 rings (SSSR count).